The van der Waals surface area contributed by atoms with E-state index in [1.165, 1.54) is 11.6 Å². The number of halogens is 3. The van der Waals surface area contributed by atoms with Crippen LogP contribution in [0, 0.1) is 0 Å². The average molecular weight is 305 g/mol. The summed E-state index contributed by atoms with van der Waals surface area (Å²) in [5, 5.41) is 2.94. The summed E-state index contributed by atoms with van der Waals surface area (Å²) in [5.74, 6) is -0.484. The molecule has 1 aromatic heterocycles. The van der Waals surface area contributed by atoms with E-state index in [4.69, 9.17) is 11.6 Å². The zero-order chi connectivity index (χ0) is 15.0. The Bertz CT molecular complexity index is 464. The second-order valence-electron chi connectivity index (χ2n) is 3.89. The van der Waals surface area contributed by atoms with Crippen molar-refractivity contribution >= 4 is 17.6 Å². The van der Waals surface area contributed by atoms with E-state index >= 15 is 0 Å². The molecular formula is C13H15ClF2N2O2. The maximum atomic E-state index is 11.6. The standard InChI is InChI=1S/C7H8ClN.C6H7F2NO2/c1-2-6-3-4-7(8)9-5-6;7-5(8)2-9-4-1-6(10)11-3-4/h3-5H,2H2,1H3;1,5,9H,2-3H2. The maximum absolute atomic E-state index is 11.6. The van der Waals surface area contributed by atoms with E-state index in [2.05, 4.69) is 22.0 Å². The maximum Gasteiger partial charge on any atom is 0.333 e. The Morgan fingerprint density at radius 3 is 2.70 bits per heavy atom. The molecule has 0 amide bonds. The molecule has 0 bridgehead atoms. The van der Waals surface area contributed by atoms with Gasteiger partial charge in [0.2, 0.25) is 0 Å². The van der Waals surface area contributed by atoms with Gasteiger partial charge in [-0.2, -0.15) is 0 Å². The number of hydrogen-bond donors (Lipinski definition) is 1. The lowest BCUT2D eigenvalue weighted by atomic mass is 10.2. The third-order valence-electron chi connectivity index (χ3n) is 2.34. The molecule has 0 fully saturated rings. The number of alkyl halides is 2. The van der Waals surface area contributed by atoms with Gasteiger partial charge in [-0.25, -0.2) is 18.6 Å². The van der Waals surface area contributed by atoms with Gasteiger partial charge in [0.15, 0.2) is 0 Å². The fourth-order valence-corrected chi connectivity index (χ4v) is 1.41. The molecule has 0 unspecified atom stereocenters. The van der Waals surface area contributed by atoms with Crippen LogP contribution in [0.25, 0.3) is 0 Å². The van der Waals surface area contributed by atoms with Gasteiger partial charge in [0.1, 0.15) is 11.8 Å². The Kier molecular flexibility index (Phi) is 6.93. The van der Waals surface area contributed by atoms with Gasteiger partial charge in [-0.3, -0.25) is 0 Å². The number of ether oxygens (including phenoxy) is 1. The minimum atomic E-state index is -2.41. The van der Waals surface area contributed by atoms with Crippen LogP contribution in [0.15, 0.2) is 30.1 Å². The first kappa shape index (κ1) is 16.4. The number of nitrogens with one attached hydrogen (secondary N) is 1. The molecule has 2 heterocycles. The predicted molar refractivity (Wildman–Crippen MR) is 71.7 cm³/mol. The van der Waals surface area contributed by atoms with Gasteiger partial charge in [0.25, 0.3) is 6.43 Å². The number of rotatable bonds is 4. The van der Waals surface area contributed by atoms with Gasteiger partial charge in [-0.05, 0) is 18.1 Å². The van der Waals surface area contributed by atoms with Gasteiger partial charge in [0, 0.05) is 12.3 Å². The number of cyclic esters (lactones) is 1. The third kappa shape index (κ3) is 6.47. The fraction of sp³-hybridized carbons (Fsp3) is 0.385. The number of carbonyl (C=O) groups excluding carboxylic acids is 1. The molecule has 1 aromatic rings. The lowest BCUT2D eigenvalue weighted by Crippen LogP contribution is -2.21. The first-order chi connectivity index (χ1) is 9.51. The summed E-state index contributed by atoms with van der Waals surface area (Å²) in [7, 11) is 0. The molecule has 0 saturated heterocycles. The number of esters is 1. The fourth-order valence-electron chi connectivity index (χ4n) is 1.30. The molecule has 0 radical (unpaired) electrons. The number of hydrogen-bond acceptors (Lipinski definition) is 4. The zero-order valence-electron chi connectivity index (χ0n) is 10.9. The molecule has 4 nitrogen and oxygen atoms in total. The number of carbonyl (C=O) groups is 1. The largest absolute Gasteiger partial charge is 0.456 e. The SMILES string of the molecule is CCc1ccc(Cl)nc1.O=C1C=C(NCC(F)F)CO1. The van der Waals surface area contributed by atoms with E-state index in [-0.39, 0.29) is 6.61 Å². The highest BCUT2D eigenvalue weighted by Crippen LogP contribution is 2.04. The highest BCUT2D eigenvalue weighted by atomic mass is 35.5. The van der Waals surface area contributed by atoms with E-state index in [0.717, 1.165) is 6.42 Å². The molecule has 110 valence electrons. The van der Waals surface area contributed by atoms with Crippen molar-refractivity contribution in [2.75, 3.05) is 13.2 Å². The third-order valence-corrected chi connectivity index (χ3v) is 2.57. The normalized spacial score (nSPS) is 13.4. The van der Waals surface area contributed by atoms with Crippen molar-refractivity contribution < 1.29 is 18.3 Å². The van der Waals surface area contributed by atoms with Crippen LogP contribution in [0.3, 0.4) is 0 Å². The van der Waals surface area contributed by atoms with Crippen LogP contribution in [0.5, 0.6) is 0 Å². The smallest absolute Gasteiger partial charge is 0.333 e. The Morgan fingerprint density at radius 1 is 1.50 bits per heavy atom. The van der Waals surface area contributed by atoms with E-state index in [1.54, 1.807) is 12.3 Å². The van der Waals surface area contributed by atoms with Crippen LogP contribution in [-0.2, 0) is 16.0 Å². The van der Waals surface area contributed by atoms with Crippen LogP contribution in [0.1, 0.15) is 12.5 Å². The summed E-state index contributed by atoms with van der Waals surface area (Å²) >= 11 is 5.56. The summed E-state index contributed by atoms with van der Waals surface area (Å²) in [6.45, 7) is 1.72. The lowest BCUT2D eigenvalue weighted by molar-refractivity contribution is -0.134. The average Bonchev–Trinajstić information content (AvgIpc) is 2.84. The van der Waals surface area contributed by atoms with Gasteiger partial charge >= 0.3 is 5.97 Å². The Balaban J connectivity index is 0.000000204. The Labute approximate surface area is 120 Å². The highest BCUT2D eigenvalue weighted by molar-refractivity contribution is 6.29. The lowest BCUT2D eigenvalue weighted by Gasteiger charge is -2.03. The van der Waals surface area contributed by atoms with Crippen molar-refractivity contribution in [3.63, 3.8) is 0 Å². The minimum Gasteiger partial charge on any atom is -0.456 e. The van der Waals surface area contributed by atoms with Gasteiger partial charge < -0.3 is 10.1 Å². The van der Waals surface area contributed by atoms with E-state index < -0.39 is 18.9 Å². The molecule has 2 rings (SSSR count). The zero-order valence-corrected chi connectivity index (χ0v) is 11.7. The molecule has 7 heteroatoms. The van der Waals surface area contributed by atoms with Crippen LogP contribution >= 0.6 is 11.6 Å². The molecule has 1 aliphatic heterocycles. The van der Waals surface area contributed by atoms with Crippen molar-refractivity contribution in [2.24, 2.45) is 0 Å². The molecular weight excluding hydrogens is 290 g/mol. The first-order valence-corrected chi connectivity index (χ1v) is 6.38. The second kappa shape index (κ2) is 8.47. The van der Waals surface area contributed by atoms with Crippen LogP contribution in [-0.4, -0.2) is 30.5 Å². The Hall–Kier alpha value is -1.69. The van der Waals surface area contributed by atoms with E-state index in [0.29, 0.717) is 10.9 Å². The topological polar surface area (TPSA) is 51.2 Å². The van der Waals surface area contributed by atoms with Crippen LogP contribution in [0.4, 0.5) is 8.78 Å². The van der Waals surface area contributed by atoms with Crippen LogP contribution in [0.2, 0.25) is 5.15 Å². The molecule has 20 heavy (non-hydrogen) atoms. The Morgan fingerprint density at radius 2 is 2.25 bits per heavy atom. The van der Waals surface area contributed by atoms with Crippen LogP contribution < -0.4 is 5.32 Å². The first-order valence-electron chi connectivity index (χ1n) is 6.01. The van der Waals surface area contributed by atoms with Crippen molar-refractivity contribution in [3.05, 3.63) is 40.8 Å². The molecule has 0 aromatic carbocycles. The summed E-state index contributed by atoms with van der Waals surface area (Å²) in [6, 6.07) is 3.79. The van der Waals surface area contributed by atoms with E-state index in [1.807, 2.05) is 6.07 Å². The van der Waals surface area contributed by atoms with Gasteiger partial charge in [-0.15, -0.1) is 0 Å². The summed E-state index contributed by atoms with van der Waals surface area (Å²) in [6.07, 6.45) is 1.57. The summed E-state index contributed by atoms with van der Waals surface area (Å²) < 4.78 is 27.6. The van der Waals surface area contributed by atoms with Gasteiger partial charge in [-0.1, -0.05) is 24.6 Å². The highest BCUT2D eigenvalue weighted by Gasteiger charge is 2.13. The summed E-state index contributed by atoms with van der Waals surface area (Å²) in [5.41, 5.74) is 1.63. The van der Waals surface area contributed by atoms with Gasteiger partial charge in [0.05, 0.1) is 12.2 Å². The number of pyridine rings is 1. The molecule has 0 aliphatic carbocycles. The quantitative estimate of drug-likeness (QED) is 0.686. The van der Waals surface area contributed by atoms with Crippen molar-refractivity contribution in [2.45, 2.75) is 19.8 Å². The minimum absolute atomic E-state index is 0.0750. The monoisotopic (exact) mass is 304 g/mol. The predicted octanol–water partition coefficient (Wildman–Crippen LogP) is 2.58. The number of aryl methyl sites for hydroxylation is 1. The van der Waals surface area contributed by atoms with Crippen molar-refractivity contribution in [3.8, 4) is 0 Å². The summed E-state index contributed by atoms with van der Waals surface area (Å²) in [4.78, 5) is 14.3. The van der Waals surface area contributed by atoms with Crippen molar-refractivity contribution in [1.29, 1.82) is 0 Å². The van der Waals surface area contributed by atoms with E-state index in [9.17, 15) is 13.6 Å². The number of nitrogens with zero attached hydrogens (tertiary/aromatic N) is 1. The molecule has 0 atom stereocenters. The number of aromatic nitrogens is 1. The molecule has 1 N–H and O–H groups in total. The molecule has 0 saturated carbocycles. The van der Waals surface area contributed by atoms with Crippen molar-refractivity contribution in [1.82, 2.24) is 10.3 Å². The second-order valence-corrected chi connectivity index (χ2v) is 4.28. The molecule has 0 spiro atoms. The molecule has 1 aliphatic rings.